The van der Waals surface area contributed by atoms with Crippen LogP contribution in [0.4, 0.5) is 0 Å². The van der Waals surface area contributed by atoms with E-state index in [1.165, 1.54) is 5.56 Å². The molecule has 1 unspecified atom stereocenters. The molecule has 1 aromatic heterocycles. The van der Waals surface area contributed by atoms with E-state index in [1.807, 2.05) is 12.1 Å². The van der Waals surface area contributed by atoms with E-state index in [9.17, 15) is 0 Å². The molecule has 0 radical (unpaired) electrons. The molecule has 0 saturated carbocycles. The van der Waals surface area contributed by atoms with Crippen LogP contribution in [0.25, 0.3) is 0 Å². The van der Waals surface area contributed by atoms with Crippen molar-refractivity contribution in [1.82, 2.24) is 14.8 Å². The Morgan fingerprint density at radius 3 is 2.78 bits per heavy atom. The molecule has 1 aromatic carbocycles. The third kappa shape index (κ3) is 2.02. The molecule has 1 aliphatic rings. The third-order valence-corrected chi connectivity index (χ3v) is 3.70. The lowest BCUT2D eigenvalue weighted by Gasteiger charge is -2.10. The molecular formula is C13H15ClN4. The maximum atomic E-state index is 5.91. The third-order valence-electron chi connectivity index (χ3n) is 3.45. The predicted molar refractivity (Wildman–Crippen MR) is 70.7 cm³/mol. The minimum Gasteiger partial charge on any atom is -0.330 e. The lowest BCUT2D eigenvalue weighted by Crippen LogP contribution is -2.10. The van der Waals surface area contributed by atoms with Crippen molar-refractivity contribution < 1.29 is 0 Å². The highest BCUT2D eigenvalue weighted by Crippen LogP contribution is 2.30. The van der Waals surface area contributed by atoms with Gasteiger partial charge < -0.3 is 10.3 Å². The molecule has 0 amide bonds. The van der Waals surface area contributed by atoms with Crippen molar-refractivity contribution in [2.45, 2.75) is 25.3 Å². The highest BCUT2D eigenvalue weighted by atomic mass is 35.5. The molecule has 1 atom stereocenters. The number of benzene rings is 1. The molecule has 18 heavy (non-hydrogen) atoms. The summed E-state index contributed by atoms with van der Waals surface area (Å²) >= 11 is 5.91. The van der Waals surface area contributed by atoms with E-state index < -0.39 is 0 Å². The smallest absolute Gasteiger partial charge is 0.134 e. The van der Waals surface area contributed by atoms with Crippen LogP contribution in [-0.2, 0) is 19.4 Å². The summed E-state index contributed by atoms with van der Waals surface area (Å²) in [6.45, 7) is 1.56. The van der Waals surface area contributed by atoms with Gasteiger partial charge in [0, 0.05) is 30.3 Å². The van der Waals surface area contributed by atoms with Crippen molar-refractivity contribution in [3.63, 3.8) is 0 Å². The fourth-order valence-corrected chi connectivity index (χ4v) is 2.64. The van der Waals surface area contributed by atoms with E-state index in [1.54, 1.807) is 0 Å². The lowest BCUT2D eigenvalue weighted by atomic mass is 9.98. The predicted octanol–water partition coefficient (Wildman–Crippen LogP) is 1.77. The van der Waals surface area contributed by atoms with Crippen LogP contribution in [0.3, 0.4) is 0 Å². The Morgan fingerprint density at radius 2 is 2.06 bits per heavy atom. The fourth-order valence-electron chi connectivity index (χ4n) is 2.51. The second-order valence-corrected chi connectivity index (χ2v) is 5.07. The van der Waals surface area contributed by atoms with Crippen LogP contribution in [0, 0.1) is 0 Å². The normalized spacial score (nSPS) is 18.0. The molecule has 0 saturated heterocycles. The quantitative estimate of drug-likeness (QED) is 0.917. The van der Waals surface area contributed by atoms with Crippen LogP contribution in [-0.4, -0.2) is 21.3 Å². The molecule has 0 fully saturated rings. The molecule has 0 aliphatic carbocycles. The van der Waals surface area contributed by atoms with Gasteiger partial charge in [0.15, 0.2) is 0 Å². The van der Waals surface area contributed by atoms with Crippen LogP contribution >= 0.6 is 11.6 Å². The summed E-state index contributed by atoms with van der Waals surface area (Å²) in [7, 11) is 0. The summed E-state index contributed by atoms with van der Waals surface area (Å²) in [5.74, 6) is 2.55. The van der Waals surface area contributed by atoms with Gasteiger partial charge in [0.1, 0.15) is 11.6 Å². The van der Waals surface area contributed by atoms with Gasteiger partial charge in [0.25, 0.3) is 0 Å². The summed E-state index contributed by atoms with van der Waals surface area (Å²) in [6, 6.07) is 8.07. The molecule has 0 spiro atoms. The van der Waals surface area contributed by atoms with Gasteiger partial charge in [0.2, 0.25) is 0 Å². The molecule has 2 heterocycles. The van der Waals surface area contributed by atoms with Gasteiger partial charge in [0.05, 0.1) is 0 Å². The van der Waals surface area contributed by atoms with Crippen LogP contribution in [0.1, 0.15) is 23.1 Å². The van der Waals surface area contributed by atoms with Gasteiger partial charge in [-0.3, -0.25) is 0 Å². The first-order valence-electron chi connectivity index (χ1n) is 6.14. The second-order valence-electron chi connectivity index (χ2n) is 4.63. The van der Waals surface area contributed by atoms with E-state index >= 15 is 0 Å². The molecule has 4 nitrogen and oxygen atoms in total. The average Bonchev–Trinajstić information content (AvgIpc) is 2.93. The van der Waals surface area contributed by atoms with Crippen LogP contribution in [0.2, 0.25) is 5.02 Å². The van der Waals surface area contributed by atoms with Gasteiger partial charge in [-0.1, -0.05) is 23.7 Å². The first-order chi connectivity index (χ1) is 8.78. The number of nitrogens with zero attached hydrogens (tertiary/aromatic N) is 3. The standard InChI is InChI=1S/C13H15ClN4/c14-11-3-1-9(2-4-11)10-7-13-17-16-12(5-6-15)18(13)8-10/h1-4,10H,5-8,15H2. The average molecular weight is 263 g/mol. The van der Waals surface area contributed by atoms with Gasteiger partial charge in [-0.05, 0) is 24.2 Å². The number of aromatic nitrogens is 3. The number of hydrogen-bond acceptors (Lipinski definition) is 3. The first-order valence-corrected chi connectivity index (χ1v) is 6.52. The maximum absolute atomic E-state index is 5.91. The van der Waals surface area contributed by atoms with Crippen molar-refractivity contribution in [2.24, 2.45) is 5.73 Å². The van der Waals surface area contributed by atoms with Crippen molar-refractivity contribution in [2.75, 3.05) is 6.54 Å². The van der Waals surface area contributed by atoms with E-state index in [2.05, 4.69) is 26.9 Å². The molecule has 3 rings (SSSR count). The molecule has 5 heteroatoms. The van der Waals surface area contributed by atoms with Crippen molar-refractivity contribution >= 4 is 11.6 Å². The minimum absolute atomic E-state index is 0.476. The Kier molecular flexibility index (Phi) is 3.06. The lowest BCUT2D eigenvalue weighted by molar-refractivity contribution is 0.617. The number of rotatable bonds is 3. The molecular weight excluding hydrogens is 248 g/mol. The van der Waals surface area contributed by atoms with Crippen molar-refractivity contribution in [3.05, 3.63) is 46.5 Å². The Labute approximate surface area is 111 Å². The largest absolute Gasteiger partial charge is 0.330 e. The van der Waals surface area contributed by atoms with Crippen LogP contribution < -0.4 is 5.73 Å². The Hall–Kier alpha value is -1.39. The summed E-state index contributed by atoms with van der Waals surface area (Å²) in [5, 5.41) is 9.20. The fraction of sp³-hybridized carbons (Fsp3) is 0.385. The molecule has 94 valence electrons. The topological polar surface area (TPSA) is 56.7 Å². The van der Waals surface area contributed by atoms with E-state index in [4.69, 9.17) is 17.3 Å². The molecule has 0 bridgehead atoms. The van der Waals surface area contributed by atoms with Gasteiger partial charge in [-0.25, -0.2) is 0 Å². The summed E-state index contributed by atoms with van der Waals surface area (Å²) < 4.78 is 2.20. The van der Waals surface area contributed by atoms with Crippen LogP contribution in [0.15, 0.2) is 24.3 Å². The molecule has 2 aromatic rings. The first kappa shape index (κ1) is 11.7. The zero-order chi connectivity index (χ0) is 12.5. The van der Waals surface area contributed by atoms with E-state index in [0.29, 0.717) is 12.5 Å². The number of halogens is 1. The van der Waals surface area contributed by atoms with Crippen molar-refractivity contribution in [3.8, 4) is 0 Å². The highest BCUT2D eigenvalue weighted by Gasteiger charge is 2.26. The number of hydrogen-bond donors (Lipinski definition) is 1. The van der Waals surface area contributed by atoms with Crippen LogP contribution in [0.5, 0.6) is 0 Å². The van der Waals surface area contributed by atoms with E-state index in [-0.39, 0.29) is 0 Å². The van der Waals surface area contributed by atoms with Gasteiger partial charge in [-0.2, -0.15) is 0 Å². The summed E-state index contributed by atoms with van der Waals surface area (Å²) in [6.07, 6.45) is 1.74. The SMILES string of the molecule is NCCc1nnc2n1CC(c1ccc(Cl)cc1)C2. The van der Waals surface area contributed by atoms with Crippen molar-refractivity contribution in [1.29, 1.82) is 0 Å². The zero-order valence-electron chi connectivity index (χ0n) is 10.0. The minimum atomic E-state index is 0.476. The van der Waals surface area contributed by atoms with E-state index in [0.717, 1.165) is 36.1 Å². The Morgan fingerprint density at radius 1 is 1.28 bits per heavy atom. The maximum Gasteiger partial charge on any atom is 0.134 e. The zero-order valence-corrected chi connectivity index (χ0v) is 10.8. The van der Waals surface area contributed by atoms with Gasteiger partial charge >= 0.3 is 0 Å². The highest BCUT2D eigenvalue weighted by molar-refractivity contribution is 6.30. The Balaban J connectivity index is 1.82. The monoisotopic (exact) mass is 262 g/mol. The number of nitrogens with two attached hydrogens (primary N) is 1. The number of fused-ring (bicyclic) bond motifs is 1. The summed E-state index contributed by atoms with van der Waals surface area (Å²) in [4.78, 5) is 0. The Bertz CT molecular complexity index is 547. The summed E-state index contributed by atoms with van der Waals surface area (Å²) in [5.41, 5.74) is 6.89. The second kappa shape index (κ2) is 4.71. The molecule has 1 aliphatic heterocycles. The van der Waals surface area contributed by atoms with Gasteiger partial charge in [-0.15, -0.1) is 10.2 Å². The molecule has 2 N–H and O–H groups in total.